The van der Waals surface area contributed by atoms with E-state index in [1.165, 1.54) is 0 Å². The van der Waals surface area contributed by atoms with Crippen LogP contribution in [0, 0.1) is 5.92 Å². The monoisotopic (exact) mass is 139 g/mol. The molecule has 54 valence electrons. The zero-order valence-electron chi connectivity index (χ0n) is 5.67. The number of amides is 1. The molecule has 0 aromatic rings. The fourth-order valence-electron chi connectivity index (χ4n) is 1.65. The van der Waals surface area contributed by atoms with Gasteiger partial charge in [0.2, 0.25) is 5.91 Å². The molecule has 0 aromatic heterocycles. The summed E-state index contributed by atoms with van der Waals surface area (Å²) in [5, 5.41) is 0. The average Bonchev–Trinajstić information content (AvgIpc) is 2.28. The summed E-state index contributed by atoms with van der Waals surface area (Å²) in [5.74, 6) is 0.357. The summed E-state index contributed by atoms with van der Waals surface area (Å²) in [5.41, 5.74) is 0. The van der Waals surface area contributed by atoms with Crippen LogP contribution >= 0.6 is 0 Å². The number of ketones is 1. The van der Waals surface area contributed by atoms with Gasteiger partial charge in [0.25, 0.3) is 0 Å². The second-order valence-corrected chi connectivity index (χ2v) is 2.97. The van der Waals surface area contributed by atoms with Crippen molar-refractivity contribution in [1.29, 1.82) is 0 Å². The Kier molecular flexibility index (Phi) is 1.07. The minimum Gasteiger partial charge on any atom is -0.342 e. The summed E-state index contributed by atoms with van der Waals surface area (Å²) in [6, 6.07) is 0. The quantitative estimate of drug-likeness (QED) is 0.436. The molecule has 0 radical (unpaired) electrons. The Hall–Kier alpha value is -0.860. The molecule has 3 heteroatoms. The van der Waals surface area contributed by atoms with Crippen molar-refractivity contribution in [3.8, 4) is 0 Å². The number of nitrogens with zero attached hydrogens (tertiary/aromatic N) is 1. The van der Waals surface area contributed by atoms with Crippen molar-refractivity contribution in [3.05, 3.63) is 0 Å². The summed E-state index contributed by atoms with van der Waals surface area (Å²) in [7, 11) is 0. The molecular weight excluding hydrogens is 130 g/mol. The maximum Gasteiger partial charge on any atom is 0.230 e. The first-order valence-corrected chi connectivity index (χ1v) is 3.58. The summed E-state index contributed by atoms with van der Waals surface area (Å²) in [6.45, 7) is 1.49. The van der Waals surface area contributed by atoms with Gasteiger partial charge >= 0.3 is 0 Å². The van der Waals surface area contributed by atoms with Crippen LogP contribution in [-0.2, 0) is 9.59 Å². The van der Waals surface area contributed by atoms with E-state index in [1.807, 2.05) is 0 Å². The number of rotatable bonds is 0. The third-order valence-electron chi connectivity index (χ3n) is 2.32. The van der Waals surface area contributed by atoms with Crippen molar-refractivity contribution in [2.24, 2.45) is 5.92 Å². The molecule has 10 heavy (non-hydrogen) atoms. The second-order valence-electron chi connectivity index (χ2n) is 2.97. The lowest BCUT2D eigenvalue weighted by molar-refractivity contribution is -0.138. The highest BCUT2D eigenvalue weighted by atomic mass is 16.2. The van der Waals surface area contributed by atoms with Crippen LogP contribution in [0.5, 0.6) is 0 Å². The lowest BCUT2D eigenvalue weighted by Crippen LogP contribution is -2.37. The van der Waals surface area contributed by atoms with Gasteiger partial charge in [-0.2, -0.15) is 0 Å². The SMILES string of the molecule is O=C1CC(=O)N2CCC1C2. The Bertz CT molecular complexity index is 180. The summed E-state index contributed by atoms with van der Waals surface area (Å²) >= 11 is 0. The van der Waals surface area contributed by atoms with E-state index >= 15 is 0 Å². The average molecular weight is 139 g/mol. The van der Waals surface area contributed by atoms with E-state index in [2.05, 4.69) is 0 Å². The van der Waals surface area contributed by atoms with E-state index in [0.717, 1.165) is 13.0 Å². The van der Waals surface area contributed by atoms with Crippen LogP contribution in [-0.4, -0.2) is 29.7 Å². The van der Waals surface area contributed by atoms with Crippen LogP contribution in [0.4, 0.5) is 0 Å². The van der Waals surface area contributed by atoms with Gasteiger partial charge in [-0.3, -0.25) is 9.59 Å². The van der Waals surface area contributed by atoms with Crippen LogP contribution in [0.25, 0.3) is 0 Å². The van der Waals surface area contributed by atoms with Crippen LogP contribution in [0.2, 0.25) is 0 Å². The van der Waals surface area contributed by atoms with Crippen LogP contribution in [0.1, 0.15) is 12.8 Å². The first-order valence-electron chi connectivity index (χ1n) is 3.58. The van der Waals surface area contributed by atoms with Gasteiger partial charge in [0.15, 0.2) is 0 Å². The Labute approximate surface area is 59.0 Å². The number of fused-ring (bicyclic) bond motifs is 2. The molecule has 1 amide bonds. The molecule has 1 unspecified atom stereocenters. The molecule has 2 aliphatic rings. The largest absolute Gasteiger partial charge is 0.342 e. The van der Waals surface area contributed by atoms with Crippen molar-refractivity contribution in [3.63, 3.8) is 0 Å². The molecule has 2 heterocycles. The molecule has 2 bridgehead atoms. The number of carbonyl (C=O) groups is 2. The zero-order valence-corrected chi connectivity index (χ0v) is 5.67. The molecule has 3 nitrogen and oxygen atoms in total. The lowest BCUT2D eigenvalue weighted by Gasteiger charge is -2.20. The standard InChI is InChI=1S/C7H9NO2/c9-6-3-7(10)8-2-1-5(6)4-8/h5H,1-4H2. The number of hydrogen-bond acceptors (Lipinski definition) is 2. The maximum absolute atomic E-state index is 11.0. The smallest absolute Gasteiger partial charge is 0.230 e. The predicted octanol–water partition coefficient (Wildman–Crippen LogP) is -0.192. The van der Waals surface area contributed by atoms with Crippen LogP contribution < -0.4 is 0 Å². The Morgan fingerprint density at radius 1 is 1.40 bits per heavy atom. The Morgan fingerprint density at radius 2 is 2.20 bits per heavy atom. The molecule has 0 N–H and O–H groups in total. The van der Waals surface area contributed by atoms with Gasteiger partial charge in [0.05, 0.1) is 6.42 Å². The zero-order chi connectivity index (χ0) is 7.14. The number of piperidine rings is 1. The molecule has 2 aliphatic heterocycles. The fourth-order valence-corrected chi connectivity index (χ4v) is 1.65. The minimum atomic E-state index is 0.0266. The molecule has 0 aliphatic carbocycles. The summed E-state index contributed by atoms with van der Waals surface area (Å²) in [6.07, 6.45) is 1.05. The molecular formula is C7H9NO2. The van der Waals surface area contributed by atoms with Crippen LogP contribution in [0.15, 0.2) is 0 Å². The van der Waals surface area contributed by atoms with Gasteiger partial charge in [-0.25, -0.2) is 0 Å². The van der Waals surface area contributed by atoms with E-state index in [1.54, 1.807) is 4.90 Å². The van der Waals surface area contributed by atoms with E-state index < -0.39 is 0 Å². The second kappa shape index (κ2) is 1.81. The minimum absolute atomic E-state index is 0.0266. The van der Waals surface area contributed by atoms with Gasteiger partial charge in [-0.05, 0) is 6.42 Å². The molecule has 0 spiro atoms. The van der Waals surface area contributed by atoms with Crippen molar-refractivity contribution < 1.29 is 9.59 Å². The van der Waals surface area contributed by atoms with Crippen molar-refractivity contribution in [2.75, 3.05) is 13.1 Å². The van der Waals surface area contributed by atoms with E-state index in [9.17, 15) is 9.59 Å². The topological polar surface area (TPSA) is 37.4 Å². The Balaban J connectivity index is 2.24. The van der Waals surface area contributed by atoms with E-state index in [4.69, 9.17) is 0 Å². The maximum atomic E-state index is 11.0. The number of hydrogen-bond donors (Lipinski definition) is 0. The van der Waals surface area contributed by atoms with Crippen molar-refractivity contribution in [1.82, 2.24) is 4.90 Å². The van der Waals surface area contributed by atoms with Gasteiger partial charge in [-0.1, -0.05) is 0 Å². The number of Topliss-reactive ketones (excluding diaryl/α,β-unsaturated/α-hetero) is 1. The fraction of sp³-hybridized carbons (Fsp3) is 0.714. The summed E-state index contributed by atoms with van der Waals surface area (Å²) in [4.78, 5) is 23.8. The highest BCUT2D eigenvalue weighted by Crippen LogP contribution is 2.24. The highest BCUT2D eigenvalue weighted by Gasteiger charge is 2.37. The summed E-state index contributed by atoms with van der Waals surface area (Å²) < 4.78 is 0. The third kappa shape index (κ3) is 0.664. The molecule has 0 aromatic carbocycles. The van der Waals surface area contributed by atoms with E-state index in [-0.39, 0.29) is 24.0 Å². The third-order valence-corrected chi connectivity index (χ3v) is 2.32. The molecule has 1 atom stereocenters. The van der Waals surface area contributed by atoms with Crippen molar-refractivity contribution >= 4 is 11.7 Å². The normalized spacial score (nSPS) is 31.6. The van der Waals surface area contributed by atoms with Gasteiger partial charge in [-0.15, -0.1) is 0 Å². The lowest BCUT2D eigenvalue weighted by atomic mass is 9.99. The highest BCUT2D eigenvalue weighted by molar-refractivity contribution is 6.02. The van der Waals surface area contributed by atoms with Crippen molar-refractivity contribution in [2.45, 2.75) is 12.8 Å². The molecule has 2 rings (SSSR count). The molecule has 0 saturated carbocycles. The van der Waals surface area contributed by atoms with E-state index in [0.29, 0.717) is 6.54 Å². The van der Waals surface area contributed by atoms with Gasteiger partial charge in [0.1, 0.15) is 5.78 Å². The van der Waals surface area contributed by atoms with Gasteiger partial charge < -0.3 is 4.90 Å². The molecule has 2 saturated heterocycles. The number of carbonyl (C=O) groups excluding carboxylic acids is 2. The van der Waals surface area contributed by atoms with Gasteiger partial charge in [0, 0.05) is 19.0 Å². The molecule has 2 fully saturated rings. The first kappa shape index (κ1) is 5.89. The van der Waals surface area contributed by atoms with Crippen LogP contribution in [0.3, 0.4) is 0 Å². The predicted molar refractivity (Wildman–Crippen MR) is 34.3 cm³/mol. The first-order chi connectivity index (χ1) is 4.77. The Morgan fingerprint density at radius 3 is 3.00 bits per heavy atom.